The molecule has 0 aliphatic carbocycles. The Morgan fingerprint density at radius 1 is 1.11 bits per heavy atom. The van der Waals surface area contributed by atoms with Crippen LogP contribution in [0.5, 0.6) is 0 Å². The number of ether oxygens (including phenoxy) is 1. The summed E-state index contributed by atoms with van der Waals surface area (Å²) >= 11 is 0. The third-order valence-electron chi connectivity index (χ3n) is 6.51. The van der Waals surface area contributed by atoms with Gasteiger partial charge >= 0.3 is 12.1 Å². The smallest absolute Gasteiger partial charge is 0.435 e. The Bertz CT molecular complexity index is 1660. The molecule has 4 rings (SSSR count). The van der Waals surface area contributed by atoms with Gasteiger partial charge in [0.05, 0.1) is 33.7 Å². The SMILES string of the molecule is Cc1ccc(-c2cc(C(F)(F)F)nn2-c2ccc(S(=O)(=O)NC(=O)[C@@H]3CCN3/[N+]([O-])=N\OC(C)OC(=O)C(C)C)cc2)cc1. The van der Waals surface area contributed by atoms with E-state index in [0.717, 1.165) is 33.5 Å². The zero-order valence-corrected chi connectivity index (χ0v) is 24.8. The lowest BCUT2D eigenvalue weighted by molar-refractivity contribution is -0.730. The highest BCUT2D eigenvalue weighted by Crippen LogP contribution is 2.33. The van der Waals surface area contributed by atoms with Crippen molar-refractivity contribution in [2.45, 2.75) is 57.5 Å². The molecule has 1 saturated heterocycles. The van der Waals surface area contributed by atoms with Crippen molar-refractivity contribution in [1.29, 1.82) is 0 Å². The molecule has 1 aromatic heterocycles. The number of amides is 1. The summed E-state index contributed by atoms with van der Waals surface area (Å²) in [4.78, 5) is 28.8. The summed E-state index contributed by atoms with van der Waals surface area (Å²) in [6.07, 6.45) is -5.77. The molecule has 0 radical (unpaired) electrons. The first-order valence-corrected chi connectivity index (χ1v) is 14.8. The average molecular weight is 639 g/mol. The number of aromatic nitrogens is 2. The molecular weight excluding hydrogens is 609 g/mol. The molecule has 2 atom stereocenters. The van der Waals surface area contributed by atoms with E-state index in [-0.39, 0.29) is 34.2 Å². The van der Waals surface area contributed by atoms with Gasteiger partial charge in [0.15, 0.2) is 11.7 Å². The Morgan fingerprint density at radius 3 is 2.30 bits per heavy atom. The Labute approximate surface area is 250 Å². The second-order valence-electron chi connectivity index (χ2n) is 10.2. The molecule has 236 valence electrons. The average Bonchev–Trinajstić information content (AvgIpc) is 3.38. The number of alkyl halides is 3. The number of hydrazine groups is 1. The van der Waals surface area contributed by atoms with Crippen LogP contribution >= 0.6 is 0 Å². The monoisotopic (exact) mass is 638 g/mol. The van der Waals surface area contributed by atoms with Crippen molar-refractivity contribution >= 4 is 21.9 Å². The maximum absolute atomic E-state index is 13.5. The first-order chi connectivity index (χ1) is 20.6. The predicted molar refractivity (Wildman–Crippen MR) is 147 cm³/mol. The van der Waals surface area contributed by atoms with Crippen LogP contribution in [0.2, 0.25) is 0 Å². The van der Waals surface area contributed by atoms with Gasteiger partial charge in [-0.15, -0.1) is 5.01 Å². The molecular formula is C27H29F3N6O7S. The molecule has 17 heteroatoms. The van der Waals surface area contributed by atoms with Crippen molar-refractivity contribution in [1.82, 2.24) is 19.5 Å². The summed E-state index contributed by atoms with van der Waals surface area (Å²) in [7, 11) is -4.44. The minimum atomic E-state index is -4.72. The topological polar surface area (TPSA) is 158 Å². The highest BCUT2D eigenvalue weighted by Gasteiger charge is 2.42. The van der Waals surface area contributed by atoms with E-state index < -0.39 is 52.0 Å². The Hall–Kier alpha value is -4.67. The van der Waals surface area contributed by atoms with Gasteiger partial charge in [0.25, 0.3) is 22.2 Å². The van der Waals surface area contributed by atoms with E-state index in [2.05, 4.69) is 10.4 Å². The lowest BCUT2D eigenvalue weighted by atomic mass is 10.1. The Kier molecular flexibility index (Phi) is 9.17. The number of carbonyl (C=O) groups excluding carboxylic acids is 2. The molecule has 3 aromatic rings. The molecule has 0 spiro atoms. The summed E-state index contributed by atoms with van der Waals surface area (Å²) < 4.78 is 74.2. The number of halogens is 3. The van der Waals surface area contributed by atoms with E-state index in [1.807, 2.05) is 11.6 Å². The number of rotatable bonds is 10. The van der Waals surface area contributed by atoms with E-state index in [0.29, 0.717) is 5.56 Å². The normalized spacial score (nSPS) is 16.3. The molecule has 0 bridgehead atoms. The van der Waals surface area contributed by atoms with E-state index in [4.69, 9.17) is 9.57 Å². The lowest BCUT2D eigenvalue weighted by Gasteiger charge is -2.34. The van der Waals surface area contributed by atoms with Crippen LogP contribution in [0.1, 0.15) is 38.4 Å². The maximum Gasteiger partial charge on any atom is 0.435 e. The van der Waals surface area contributed by atoms with E-state index in [9.17, 15) is 36.4 Å². The van der Waals surface area contributed by atoms with Crippen LogP contribution in [0.25, 0.3) is 16.9 Å². The first-order valence-electron chi connectivity index (χ1n) is 13.3. The first kappa shape index (κ1) is 32.2. The number of aryl methyl sites for hydroxylation is 1. The van der Waals surface area contributed by atoms with E-state index >= 15 is 0 Å². The third-order valence-corrected chi connectivity index (χ3v) is 7.87. The number of sulfonamides is 1. The molecule has 2 aromatic carbocycles. The minimum absolute atomic E-state index is 0.0419. The number of nitrogens with one attached hydrogen (secondary N) is 1. The number of hydrogen-bond acceptors (Lipinski definition) is 9. The van der Waals surface area contributed by atoms with Gasteiger partial charge in [0.2, 0.25) is 5.28 Å². The van der Waals surface area contributed by atoms with Gasteiger partial charge in [0, 0.05) is 18.9 Å². The lowest BCUT2D eigenvalue weighted by Crippen LogP contribution is -2.59. The second kappa shape index (κ2) is 12.5. The van der Waals surface area contributed by atoms with Crippen LogP contribution in [0.4, 0.5) is 13.2 Å². The van der Waals surface area contributed by atoms with Crippen molar-refractivity contribution in [3.8, 4) is 16.9 Å². The van der Waals surface area contributed by atoms with Crippen LogP contribution in [0.3, 0.4) is 0 Å². The van der Waals surface area contributed by atoms with Crippen LogP contribution < -0.4 is 4.72 Å². The fourth-order valence-corrected chi connectivity index (χ4v) is 5.01. The van der Waals surface area contributed by atoms with Gasteiger partial charge in [0.1, 0.15) is 0 Å². The second-order valence-corrected chi connectivity index (χ2v) is 11.9. The molecule has 1 amide bonds. The van der Waals surface area contributed by atoms with Crippen molar-refractivity contribution in [2.24, 2.45) is 11.2 Å². The van der Waals surface area contributed by atoms with Crippen molar-refractivity contribution in [3.63, 3.8) is 0 Å². The van der Waals surface area contributed by atoms with Gasteiger partial charge in [-0.2, -0.15) is 18.3 Å². The molecule has 2 heterocycles. The molecule has 44 heavy (non-hydrogen) atoms. The molecule has 1 fully saturated rings. The summed E-state index contributed by atoms with van der Waals surface area (Å²) in [6, 6.07) is 11.2. The van der Waals surface area contributed by atoms with E-state index in [1.165, 1.54) is 19.1 Å². The molecule has 0 saturated carbocycles. The van der Waals surface area contributed by atoms with E-state index in [1.54, 1.807) is 38.1 Å². The van der Waals surface area contributed by atoms with Gasteiger partial charge in [-0.25, -0.2) is 17.8 Å². The maximum atomic E-state index is 13.5. The fraction of sp³-hybridized carbons (Fsp3) is 0.370. The number of carbonyl (C=O) groups is 2. The van der Waals surface area contributed by atoms with Crippen molar-refractivity contribution < 1.29 is 45.7 Å². The van der Waals surface area contributed by atoms with Crippen molar-refractivity contribution in [2.75, 3.05) is 6.54 Å². The fourth-order valence-electron chi connectivity index (χ4n) is 3.99. The zero-order chi connectivity index (χ0) is 32.4. The zero-order valence-electron chi connectivity index (χ0n) is 24.0. The largest absolute Gasteiger partial charge is 0.569 e. The molecule has 1 N–H and O–H groups in total. The highest BCUT2D eigenvalue weighted by atomic mass is 32.2. The summed E-state index contributed by atoms with van der Waals surface area (Å²) in [5, 5.41) is 20.1. The molecule has 1 aliphatic heterocycles. The number of hydrogen-bond donors (Lipinski definition) is 1. The predicted octanol–water partition coefficient (Wildman–Crippen LogP) is 4.10. The van der Waals surface area contributed by atoms with Gasteiger partial charge in [-0.3, -0.25) is 14.4 Å². The number of nitrogens with zero attached hydrogens (tertiary/aromatic N) is 5. The van der Waals surface area contributed by atoms with Gasteiger partial charge in [-0.1, -0.05) is 43.7 Å². The van der Waals surface area contributed by atoms with Crippen LogP contribution in [0.15, 0.2) is 64.8 Å². The summed E-state index contributed by atoms with van der Waals surface area (Å²) in [5.74, 6) is -2.03. The van der Waals surface area contributed by atoms with Crippen LogP contribution in [-0.2, 0) is 35.4 Å². The number of benzene rings is 2. The van der Waals surface area contributed by atoms with Gasteiger partial charge in [-0.05, 0) is 37.3 Å². The molecule has 13 nitrogen and oxygen atoms in total. The van der Waals surface area contributed by atoms with Crippen LogP contribution in [-0.4, -0.2) is 58.9 Å². The summed E-state index contributed by atoms with van der Waals surface area (Å²) in [5.41, 5.74) is 0.516. The Balaban J connectivity index is 1.47. The third kappa shape index (κ3) is 7.27. The molecule has 1 unspecified atom stereocenters. The standard InChI is InChI=1S/C27H29F3N6O7S/c1-16(2)26(38)42-18(4)43-33-36(39)34-14-13-22(34)25(37)32-44(40,41)21-11-9-20(10-12-21)35-23(15-24(31-35)27(28,29)30)19-7-5-17(3)6-8-19/h5-12,15-16,18,22H,13-14H2,1-4H3,(H,32,37)/b36-33+/t18?,22-/m0/s1. The van der Waals surface area contributed by atoms with Gasteiger partial charge < -0.3 is 9.94 Å². The highest BCUT2D eigenvalue weighted by molar-refractivity contribution is 7.90. The van der Waals surface area contributed by atoms with Crippen LogP contribution in [0, 0.1) is 18.0 Å². The quantitative estimate of drug-likeness (QED) is 0.113. The van der Waals surface area contributed by atoms with Crippen molar-refractivity contribution in [3.05, 3.63) is 71.1 Å². The minimum Gasteiger partial charge on any atom is -0.569 e. The Morgan fingerprint density at radius 2 is 1.75 bits per heavy atom. The molecule has 1 aliphatic rings. The number of esters is 1. The summed E-state index contributed by atoms with van der Waals surface area (Å²) in [6.45, 7) is 6.44.